The standard InChI is InChI=1S/C71H138O17P2/c1-7-9-11-13-14-15-16-19-27-32-37-43-49-55-70(75)87-66(59-81-68(73)53-47-39-12-10-8-2)61-85-89(77,78)83-57-65(72)58-84-90(79,80)86-62-67(88-71(76)56-50-44-38-33-28-23-18-21-25-30-35-41-46-52-64(5)6)60-82-69(74)54-48-42-36-31-26-22-17-20-24-29-34-40-45-51-63(3)4/h63-67,72H,7-62H2,1-6H3,(H,77,78)(H,79,80)/t65-,66+,67+/m0/s1. The second-order valence-electron chi connectivity index (χ2n) is 26.6. The highest BCUT2D eigenvalue weighted by Gasteiger charge is 2.30. The molecule has 0 heterocycles. The summed E-state index contributed by atoms with van der Waals surface area (Å²) in [6, 6.07) is 0. The Morgan fingerprint density at radius 2 is 0.511 bits per heavy atom. The smallest absolute Gasteiger partial charge is 0.462 e. The molecular weight excluding hydrogens is 1190 g/mol. The second kappa shape index (κ2) is 63.1. The molecule has 0 saturated carbocycles. The van der Waals surface area contributed by atoms with E-state index in [1.807, 2.05) is 0 Å². The molecule has 0 aliphatic rings. The Hall–Kier alpha value is -1.94. The lowest BCUT2D eigenvalue weighted by Crippen LogP contribution is -2.30. The SMILES string of the molecule is CCCCCCCCCCCCCCCC(=O)O[C@H](COC(=O)CCCCCCC)COP(=O)(O)OC[C@H](O)COP(=O)(O)OC[C@@H](COC(=O)CCCCCCCCCCCCCCCC(C)C)OC(=O)CCCCCCCCCCCCCCCC(C)C. The number of hydrogen-bond donors (Lipinski definition) is 3. The van der Waals surface area contributed by atoms with Crippen LogP contribution in [0.25, 0.3) is 0 Å². The average molecular weight is 1330 g/mol. The molecule has 0 rings (SSSR count). The fraction of sp³-hybridized carbons (Fsp3) is 0.944. The molecule has 0 aliphatic heterocycles. The fourth-order valence-corrected chi connectivity index (χ4v) is 12.3. The van der Waals surface area contributed by atoms with E-state index in [0.717, 1.165) is 108 Å². The van der Waals surface area contributed by atoms with Crippen molar-refractivity contribution in [2.45, 2.75) is 381 Å². The molecule has 17 nitrogen and oxygen atoms in total. The van der Waals surface area contributed by atoms with Crippen LogP contribution in [0.5, 0.6) is 0 Å². The monoisotopic (exact) mass is 1320 g/mol. The number of aliphatic hydroxyl groups excluding tert-OH is 1. The molecule has 5 atom stereocenters. The van der Waals surface area contributed by atoms with Gasteiger partial charge in [-0.1, -0.05) is 311 Å². The molecule has 3 N–H and O–H groups in total. The van der Waals surface area contributed by atoms with Crippen molar-refractivity contribution >= 4 is 39.5 Å². The Balaban J connectivity index is 5.16. The summed E-state index contributed by atoms with van der Waals surface area (Å²) in [6.45, 7) is 9.51. The van der Waals surface area contributed by atoms with E-state index in [9.17, 15) is 43.2 Å². The Morgan fingerprint density at radius 3 is 0.756 bits per heavy atom. The zero-order valence-corrected chi connectivity index (χ0v) is 60.2. The third kappa shape index (κ3) is 64.8. The highest BCUT2D eigenvalue weighted by atomic mass is 31.2. The molecule has 0 aromatic carbocycles. The van der Waals surface area contributed by atoms with Gasteiger partial charge >= 0.3 is 39.5 Å². The highest BCUT2D eigenvalue weighted by molar-refractivity contribution is 7.47. The van der Waals surface area contributed by atoms with Crippen LogP contribution in [0.4, 0.5) is 0 Å². The van der Waals surface area contributed by atoms with Crippen molar-refractivity contribution in [1.82, 2.24) is 0 Å². The summed E-state index contributed by atoms with van der Waals surface area (Å²) in [6.07, 6.45) is 48.9. The maximum Gasteiger partial charge on any atom is 0.472 e. The molecule has 0 spiro atoms. The summed E-state index contributed by atoms with van der Waals surface area (Å²) in [5.41, 5.74) is 0. The normalized spacial score (nSPS) is 14.1. The van der Waals surface area contributed by atoms with Crippen molar-refractivity contribution in [3.63, 3.8) is 0 Å². The summed E-state index contributed by atoms with van der Waals surface area (Å²) in [4.78, 5) is 72.3. The maximum atomic E-state index is 13.0. The number of phosphoric acid groups is 2. The van der Waals surface area contributed by atoms with E-state index < -0.39 is 97.5 Å². The Labute approximate surface area is 549 Å². The minimum Gasteiger partial charge on any atom is -0.462 e. The van der Waals surface area contributed by atoms with Gasteiger partial charge in [-0.05, 0) is 37.5 Å². The van der Waals surface area contributed by atoms with E-state index in [4.69, 9.17) is 37.0 Å². The summed E-state index contributed by atoms with van der Waals surface area (Å²) in [5.74, 6) is -0.554. The molecule has 0 amide bonds. The van der Waals surface area contributed by atoms with Crippen molar-refractivity contribution < 1.29 is 80.2 Å². The first-order valence-corrected chi connectivity index (χ1v) is 40.0. The summed E-state index contributed by atoms with van der Waals surface area (Å²) >= 11 is 0. The molecule has 0 aromatic rings. The molecule has 0 aliphatic carbocycles. The van der Waals surface area contributed by atoms with Gasteiger partial charge in [0.1, 0.15) is 19.3 Å². The molecule has 534 valence electrons. The van der Waals surface area contributed by atoms with E-state index in [1.165, 1.54) is 173 Å². The molecule has 19 heteroatoms. The lowest BCUT2D eigenvalue weighted by molar-refractivity contribution is -0.161. The number of ether oxygens (including phenoxy) is 4. The predicted octanol–water partition coefficient (Wildman–Crippen LogP) is 20.4. The van der Waals surface area contributed by atoms with E-state index in [0.29, 0.717) is 25.7 Å². The summed E-state index contributed by atoms with van der Waals surface area (Å²) in [5, 5.41) is 10.6. The number of carbonyl (C=O) groups is 4. The molecule has 0 bridgehead atoms. The van der Waals surface area contributed by atoms with Gasteiger partial charge in [-0.15, -0.1) is 0 Å². The van der Waals surface area contributed by atoms with Crippen LogP contribution in [0.3, 0.4) is 0 Å². The fourth-order valence-electron chi connectivity index (χ4n) is 10.8. The van der Waals surface area contributed by atoms with Gasteiger partial charge in [0.2, 0.25) is 0 Å². The third-order valence-corrected chi connectivity index (χ3v) is 18.4. The zero-order valence-electron chi connectivity index (χ0n) is 58.4. The number of rotatable bonds is 70. The van der Waals surface area contributed by atoms with Gasteiger partial charge in [0.05, 0.1) is 26.4 Å². The Morgan fingerprint density at radius 1 is 0.300 bits per heavy atom. The van der Waals surface area contributed by atoms with Gasteiger partial charge in [0, 0.05) is 25.7 Å². The van der Waals surface area contributed by atoms with Crippen LogP contribution in [0.1, 0.15) is 363 Å². The number of carbonyl (C=O) groups excluding carboxylic acids is 4. The van der Waals surface area contributed by atoms with E-state index in [2.05, 4.69) is 41.5 Å². The lowest BCUT2D eigenvalue weighted by Gasteiger charge is -2.21. The van der Waals surface area contributed by atoms with Gasteiger partial charge in [-0.3, -0.25) is 37.3 Å². The molecule has 0 saturated heterocycles. The van der Waals surface area contributed by atoms with Crippen LogP contribution in [-0.2, 0) is 65.4 Å². The molecule has 0 fully saturated rings. The van der Waals surface area contributed by atoms with Crippen LogP contribution in [-0.4, -0.2) is 96.7 Å². The van der Waals surface area contributed by atoms with Crippen molar-refractivity contribution in [1.29, 1.82) is 0 Å². The van der Waals surface area contributed by atoms with Crippen molar-refractivity contribution in [3.8, 4) is 0 Å². The third-order valence-electron chi connectivity index (χ3n) is 16.5. The van der Waals surface area contributed by atoms with Crippen LogP contribution < -0.4 is 0 Å². The Bertz CT molecular complexity index is 1750. The number of phosphoric ester groups is 2. The predicted molar refractivity (Wildman–Crippen MR) is 363 cm³/mol. The van der Waals surface area contributed by atoms with Gasteiger partial charge in [-0.25, -0.2) is 9.13 Å². The van der Waals surface area contributed by atoms with Gasteiger partial charge in [0.15, 0.2) is 12.2 Å². The summed E-state index contributed by atoms with van der Waals surface area (Å²) < 4.78 is 68.1. The average Bonchev–Trinajstić information content (AvgIpc) is 2.77. The van der Waals surface area contributed by atoms with E-state index >= 15 is 0 Å². The van der Waals surface area contributed by atoms with Gasteiger partial charge in [-0.2, -0.15) is 0 Å². The van der Waals surface area contributed by atoms with Crippen molar-refractivity contribution in [2.24, 2.45) is 11.8 Å². The van der Waals surface area contributed by atoms with Crippen molar-refractivity contribution in [3.05, 3.63) is 0 Å². The van der Waals surface area contributed by atoms with Crippen molar-refractivity contribution in [2.75, 3.05) is 39.6 Å². The molecule has 0 radical (unpaired) electrons. The van der Waals surface area contributed by atoms with Gasteiger partial charge < -0.3 is 33.8 Å². The number of hydrogen-bond acceptors (Lipinski definition) is 15. The first kappa shape index (κ1) is 88.1. The largest absolute Gasteiger partial charge is 0.472 e. The topological polar surface area (TPSA) is 237 Å². The summed E-state index contributed by atoms with van der Waals surface area (Å²) in [7, 11) is -9.89. The zero-order chi connectivity index (χ0) is 66.5. The maximum absolute atomic E-state index is 13.0. The number of aliphatic hydroxyl groups is 1. The quantitative estimate of drug-likeness (QED) is 0.0222. The molecule has 90 heavy (non-hydrogen) atoms. The number of unbranched alkanes of at least 4 members (excludes halogenated alkanes) is 40. The minimum absolute atomic E-state index is 0.107. The van der Waals surface area contributed by atoms with Crippen LogP contribution in [0, 0.1) is 11.8 Å². The van der Waals surface area contributed by atoms with Crippen LogP contribution >= 0.6 is 15.6 Å². The van der Waals surface area contributed by atoms with Crippen LogP contribution in [0.15, 0.2) is 0 Å². The first-order valence-electron chi connectivity index (χ1n) is 37.0. The molecular formula is C71H138O17P2. The first-order chi connectivity index (χ1) is 43.4. The van der Waals surface area contributed by atoms with Gasteiger partial charge in [0.25, 0.3) is 0 Å². The minimum atomic E-state index is -4.95. The molecule has 2 unspecified atom stereocenters. The lowest BCUT2D eigenvalue weighted by atomic mass is 10.0. The molecule has 0 aromatic heterocycles. The van der Waals surface area contributed by atoms with Crippen LogP contribution in [0.2, 0.25) is 0 Å². The van der Waals surface area contributed by atoms with E-state index in [-0.39, 0.29) is 25.7 Å². The highest BCUT2D eigenvalue weighted by Crippen LogP contribution is 2.45. The number of esters is 4. The Kier molecular flexibility index (Phi) is 61.8. The second-order valence-corrected chi connectivity index (χ2v) is 29.5. The van der Waals surface area contributed by atoms with E-state index in [1.54, 1.807) is 0 Å².